The van der Waals surface area contributed by atoms with E-state index < -0.39 is 0 Å². The lowest BCUT2D eigenvalue weighted by molar-refractivity contribution is 0.412. The summed E-state index contributed by atoms with van der Waals surface area (Å²) in [6.45, 7) is 0. The molecule has 0 spiro atoms. The third kappa shape index (κ3) is 2.08. The summed E-state index contributed by atoms with van der Waals surface area (Å²) in [7, 11) is 1.62. The van der Waals surface area contributed by atoms with E-state index >= 15 is 0 Å². The minimum Gasteiger partial charge on any atom is -0.496 e. The van der Waals surface area contributed by atoms with Gasteiger partial charge in [0.2, 0.25) is 0 Å². The van der Waals surface area contributed by atoms with E-state index in [9.17, 15) is 0 Å². The Morgan fingerprint density at radius 2 is 2.31 bits per heavy atom. The first kappa shape index (κ1) is 11.1. The number of nitriles is 1. The van der Waals surface area contributed by atoms with Crippen LogP contribution in [0.15, 0.2) is 28.1 Å². The molecule has 0 aliphatic carbocycles. The maximum absolute atomic E-state index is 8.70. The van der Waals surface area contributed by atoms with E-state index in [1.54, 1.807) is 7.11 Å². The molecule has 2 aromatic rings. The van der Waals surface area contributed by atoms with Gasteiger partial charge in [0.15, 0.2) is 5.01 Å². The number of nitrogens with zero attached hydrogens (tertiary/aromatic N) is 2. The summed E-state index contributed by atoms with van der Waals surface area (Å²) < 4.78 is 6.02. The molecule has 1 aromatic carbocycles. The second-order valence-corrected chi connectivity index (χ2v) is 4.71. The lowest BCUT2D eigenvalue weighted by Crippen LogP contribution is -1.85. The first-order valence-corrected chi connectivity index (χ1v) is 6.11. The van der Waals surface area contributed by atoms with Gasteiger partial charge in [-0.1, -0.05) is 0 Å². The Hall–Kier alpha value is -1.38. The van der Waals surface area contributed by atoms with Crippen molar-refractivity contribution in [1.29, 1.82) is 5.26 Å². The van der Waals surface area contributed by atoms with Gasteiger partial charge in [-0.15, -0.1) is 11.3 Å². The number of rotatable bonds is 2. The molecule has 1 heterocycles. The highest BCUT2D eigenvalue weighted by Crippen LogP contribution is 2.30. The quantitative estimate of drug-likeness (QED) is 0.852. The van der Waals surface area contributed by atoms with Crippen molar-refractivity contribution in [3.05, 3.63) is 33.1 Å². The Labute approximate surface area is 105 Å². The predicted octanol–water partition coefficient (Wildman–Crippen LogP) is 3.45. The third-order valence-electron chi connectivity index (χ3n) is 2.05. The Morgan fingerprint density at radius 3 is 2.88 bits per heavy atom. The summed E-state index contributed by atoms with van der Waals surface area (Å²) in [4.78, 5) is 4.19. The molecule has 0 unspecified atom stereocenters. The summed E-state index contributed by atoms with van der Waals surface area (Å²) in [5.41, 5.74) is 1.77. The van der Waals surface area contributed by atoms with Crippen molar-refractivity contribution in [2.24, 2.45) is 0 Å². The fourth-order valence-electron chi connectivity index (χ4n) is 1.28. The van der Waals surface area contributed by atoms with Crippen LogP contribution in [0.2, 0.25) is 0 Å². The minimum absolute atomic E-state index is 0.474. The first-order valence-electron chi connectivity index (χ1n) is 4.44. The number of thiazole rings is 1. The second-order valence-electron chi connectivity index (χ2n) is 3.00. The van der Waals surface area contributed by atoms with Crippen LogP contribution in [-0.2, 0) is 0 Å². The van der Waals surface area contributed by atoms with Crippen molar-refractivity contribution < 1.29 is 4.74 Å². The zero-order valence-electron chi connectivity index (χ0n) is 8.40. The molecule has 0 bridgehead atoms. The van der Waals surface area contributed by atoms with Crippen LogP contribution in [0.4, 0.5) is 0 Å². The lowest BCUT2D eigenvalue weighted by Gasteiger charge is -2.04. The van der Waals surface area contributed by atoms with Crippen molar-refractivity contribution in [2.45, 2.75) is 0 Å². The average molecular weight is 295 g/mol. The van der Waals surface area contributed by atoms with Gasteiger partial charge < -0.3 is 4.74 Å². The van der Waals surface area contributed by atoms with Crippen LogP contribution in [0, 0.1) is 11.3 Å². The molecule has 0 fully saturated rings. The number of hydrogen-bond donors (Lipinski definition) is 0. The van der Waals surface area contributed by atoms with Crippen molar-refractivity contribution in [3.8, 4) is 23.1 Å². The van der Waals surface area contributed by atoms with Crippen LogP contribution in [-0.4, -0.2) is 12.1 Å². The fraction of sp³-hybridized carbons (Fsp3) is 0.0909. The predicted molar refractivity (Wildman–Crippen MR) is 66.5 cm³/mol. The van der Waals surface area contributed by atoms with E-state index in [1.165, 1.54) is 11.3 Å². The highest BCUT2D eigenvalue weighted by Gasteiger charge is 2.06. The molecule has 0 N–H and O–H groups in total. The Kier molecular flexibility index (Phi) is 3.22. The van der Waals surface area contributed by atoms with Crippen LogP contribution in [0.25, 0.3) is 11.3 Å². The summed E-state index contributed by atoms with van der Waals surface area (Å²) in [5.74, 6) is 0.777. The van der Waals surface area contributed by atoms with Crippen LogP contribution < -0.4 is 4.74 Å². The first-order chi connectivity index (χ1) is 7.74. The summed E-state index contributed by atoms with van der Waals surface area (Å²) in [6.07, 6.45) is 0. The fourth-order valence-corrected chi connectivity index (χ4v) is 2.44. The van der Waals surface area contributed by atoms with E-state index in [4.69, 9.17) is 10.00 Å². The van der Waals surface area contributed by atoms with Gasteiger partial charge in [-0.05, 0) is 34.1 Å². The smallest absolute Gasteiger partial charge is 0.194 e. The summed E-state index contributed by atoms with van der Waals surface area (Å²) in [5, 5.41) is 11.0. The van der Waals surface area contributed by atoms with Crippen LogP contribution in [0.3, 0.4) is 0 Å². The average Bonchev–Trinajstić information content (AvgIpc) is 2.77. The van der Waals surface area contributed by atoms with E-state index in [-0.39, 0.29) is 0 Å². The highest BCUT2D eigenvalue weighted by molar-refractivity contribution is 9.10. The molecule has 0 amide bonds. The molecular formula is C11H7BrN2OS. The zero-order chi connectivity index (χ0) is 11.5. The van der Waals surface area contributed by atoms with E-state index in [2.05, 4.69) is 20.9 Å². The molecule has 0 saturated heterocycles. The van der Waals surface area contributed by atoms with Crippen LogP contribution in [0.5, 0.6) is 5.75 Å². The molecule has 16 heavy (non-hydrogen) atoms. The zero-order valence-corrected chi connectivity index (χ0v) is 10.8. The van der Waals surface area contributed by atoms with Gasteiger partial charge in [0.1, 0.15) is 11.8 Å². The van der Waals surface area contributed by atoms with Gasteiger partial charge in [-0.3, -0.25) is 0 Å². The highest BCUT2D eigenvalue weighted by atomic mass is 79.9. The number of ether oxygens (including phenoxy) is 1. The summed E-state index contributed by atoms with van der Waals surface area (Å²) in [6, 6.07) is 7.73. The van der Waals surface area contributed by atoms with E-state index in [0.29, 0.717) is 5.01 Å². The molecule has 0 aliphatic rings. The maximum Gasteiger partial charge on any atom is 0.194 e. The molecule has 80 valence electrons. The Morgan fingerprint density at radius 1 is 1.50 bits per heavy atom. The number of halogens is 1. The molecule has 0 radical (unpaired) electrons. The third-order valence-corrected chi connectivity index (χ3v) is 3.41. The van der Waals surface area contributed by atoms with Crippen molar-refractivity contribution in [3.63, 3.8) is 0 Å². The Bertz CT molecular complexity index is 559. The van der Waals surface area contributed by atoms with E-state index in [0.717, 1.165) is 21.5 Å². The molecule has 3 nitrogen and oxygen atoms in total. The van der Waals surface area contributed by atoms with Gasteiger partial charge in [-0.2, -0.15) is 5.26 Å². The molecule has 0 atom stereocenters. The van der Waals surface area contributed by atoms with Crippen molar-refractivity contribution in [2.75, 3.05) is 7.11 Å². The maximum atomic E-state index is 8.70. The van der Waals surface area contributed by atoms with Gasteiger partial charge in [0.25, 0.3) is 0 Å². The molecule has 0 saturated carbocycles. The van der Waals surface area contributed by atoms with Gasteiger partial charge >= 0.3 is 0 Å². The second kappa shape index (κ2) is 4.64. The minimum atomic E-state index is 0.474. The van der Waals surface area contributed by atoms with E-state index in [1.807, 2.05) is 29.6 Å². The number of aromatic nitrogens is 1. The van der Waals surface area contributed by atoms with Crippen molar-refractivity contribution in [1.82, 2.24) is 4.98 Å². The lowest BCUT2D eigenvalue weighted by atomic mass is 10.2. The number of hydrogen-bond acceptors (Lipinski definition) is 4. The molecule has 5 heteroatoms. The number of methoxy groups -OCH3 is 1. The van der Waals surface area contributed by atoms with Crippen LogP contribution in [0.1, 0.15) is 5.01 Å². The van der Waals surface area contributed by atoms with Crippen LogP contribution >= 0.6 is 27.3 Å². The Balaban J connectivity index is 2.42. The normalized spacial score (nSPS) is 9.81. The monoisotopic (exact) mass is 294 g/mol. The summed E-state index contributed by atoms with van der Waals surface area (Å²) >= 11 is 4.76. The molecular weight excluding hydrogens is 288 g/mol. The standard InChI is InChI=1S/C11H7BrN2OS/c1-15-10-3-2-7(4-8(10)12)9-6-16-11(5-13)14-9/h2-4,6H,1H3. The van der Waals surface area contributed by atoms with Gasteiger partial charge in [0, 0.05) is 10.9 Å². The molecule has 0 aliphatic heterocycles. The topological polar surface area (TPSA) is 45.9 Å². The SMILES string of the molecule is COc1ccc(-c2csc(C#N)n2)cc1Br. The van der Waals surface area contributed by atoms with Gasteiger partial charge in [0.05, 0.1) is 17.3 Å². The van der Waals surface area contributed by atoms with Gasteiger partial charge in [-0.25, -0.2) is 4.98 Å². The van der Waals surface area contributed by atoms with Crippen molar-refractivity contribution >= 4 is 27.3 Å². The largest absolute Gasteiger partial charge is 0.496 e. The molecule has 2 rings (SSSR count). The molecule has 1 aromatic heterocycles. The number of benzene rings is 1.